The maximum Gasteiger partial charge on any atom is 0.193 e. The van der Waals surface area contributed by atoms with Crippen molar-refractivity contribution in [2.45, 2.75) is 25.4 Å². The fourth-order valence-electron chi connectivity index (χ4n) is 2.74. The molecule has 0 amide bonds. The summed E-state index contributed by atoms with van der Waals surface area (Å²) in [4.78, 5) is 6.50. The molecular weight excluding hydrogens is 453 g/mol. The molecule has 0 spiro atoms. The number of hydrogen-bond donors (Lipinski definition) is 1. The van der Waals surface area contributed by atoms with Gasteiger partial charge in [0.1, 0.15) is 21.7 Å². The van der Waals surface area contributed by atoms with Gasteiger partial charge in [-0.2, -0.15) is 0 Å². The molecule has 1 saturated heterocycles. The predicted octanol–water partition coefficient (Wildman–Crippen LogP) is 2.16. The van der Waals surface area contributed by atoms with Crippen LogP contribution in [0.4, 0.5) is 0 Å². The van der Waals surface area contributed by atoms with Gasteiger partial charge in [-0.15, -0.1) is 24.0 Å². The Balaban J connectivity index is 0.00000312. The van der Waals surface area contributed by atoms with Crippen molar-refractivity contribution in [1.29, 1.82) is 0 Å². The summed E-state index contributed by atoms with van der Waals surface area (Å²) >= 11 is 0. The van der Waals surface area contributed by atoms with Gasteiger partial charge in [-0.05, 0) is 18.6 Å². The summed E-state index contributed by atoms with van der Waals surface area (Å²) in [5.74, 6) is 1.95. The first-order chi connectivity index (χ1) is 11.5. The Morgan fingerprint density at radius 2 is 1.92 bits per heavy atom. The van der Waals surface area contributed by atoms with Crippen LogP contribution in [0.3, 0.4) is 0 Å². The van der Waals surface area contributed by atoms with E-state index in [1.807, 2.05) is 30.3 Å². The Morgan fingerprint density at radius 3 is 2.48 bits per heavy atom. The van der Waals surface area contributed by atoms with E-state index in [-0.39, 0.29) is 35.8 Å². The average molecular weight is 481 g/mol. The number of halogens is 1. The number of guanidine groups is 1. The first kappa shape index (κ1) is 22.0. The van der Waals surface area contributed by atoms with Crippen LogP contribution in [0, 0.1) is 0 Å². The summed E-state index contributed by atoms with van der Waals surface area (Å²) in [5.41, 5.74) is 0. The summed E-state index contributed by atoms with van der Waals surface area (Å²) < 4.78 is 28.3. The molecule has 0 saturated carbocycles. The molecule has 0 bridgehead atoms. The van der Waals surface area contributed by atoms with Crippen LogP contribution in [0.15, 0.2) is 35.3 Å². The number of ether oxygens (including phenoxy) is 1. The van der Waals surface area contributed by atoms with E-state index in [9.17, 15) is 8.42 Å². The van der Waals surface area contributed by atoms with Gasteiger partial charge in [-0.3, -0.25) is 4.99 Å². The van der Waals surface area contributed by atoms with E-state index in [0.717, 1.165) is 37.6 Å². The van der Waals surface area contributed by atoms with Crippen molar-refractivity contribution < 1.29 is 13.2 Å². The molecule has 6 nitrogen and oxygen atoms in total. The molecule has 0 atom stereocenters. The third-order valence-corrected chi connectivity index (χ3v) is 5.00. The molecule has 2 rings (SSSR count). The van der Waals surface area contributed by atoms with Gasteiger partial charge in [-0.25, -0.2) is 8.42 Å². The largest absolute Gasteiger partial charge is 0.490 e. The molecule has 0 aliphatic carbocycles. The van der Waals surface area contributed by atoms with Gasteiger partial charge in [0, 0.05) is 45.8 Å². The molecule has 1 aliphatic rings. The van der Waals surface area contributed by atoms with Crippen LogP contribution in [0.1, 0.15) is 19.3 Å². The van der Waals surface area contributed by atoms with Crippen molar-refractivity contribution in [2.24, 2.45) is 4.99 Å². The monoisotopic (exact) mass is 481 g/mol. The van der Waals surface area contributed by atoms with Crippen LogP contribution in [-0.2, 0) is 9.84 Å². The number of benzene rings is 1. The Kier molecular flexibility index (Phi) is 9.55. The summed E-state index contributed by atoms with van der Waals surface area (Å²) in [6, 6.07) is 9.90. The quantitative estimate of drug-likeness (QED) is 0.292. The van der Waals surface area contributed by atoms with E-state index in [0.29, 0.717) is 13.0 Å². The number of nitrogens with zero attached hydrogens (tertiary/aromatic N) is 2. The lowest BCUT2D eigenvalue weighted by Crippen LogP contribution is -2.47. The number of sulfone groups is 1. The molecule has 8 heteroatoms. The lowest BCUT2D eigenvalue weighted by Gasteiger charge is -2.34. The van der Waals surface area contributed by atoms with Crippen molar-refractivity contribution in [2.75, 3.05) is 38.7 Å². The number of nitrogens with one attached hydrogen (secondary N) is 1. The van der Waals surface area contributed by atoms with E-state index in [2.05, 4.69) is 15.2 Å². The molecule has 0 aromatic heterocycles. The number of hydrogen-bond acceptors (Lipinski definition) is 4. The van der Waals surface area contributed by atoms with Crippen molar-refractivity contribution in [3.05, 3.63) is 30.3 Å². The second kappa shape index (κ2) is 10.8. The van der Waals surface area contributed by atoms with Crippen molar-refractivity contribution in [3.63, 3.8) is 0 Å². The molecule has 25 heavy (non-hydrogen) atoms. The second-order valence-corrected chi connectivity index (χ2v) is 8.33. The topological polar surface area (TPSA) is 71.0 Å². The van der Waals surface area contributed by atoms with Crippen LogP contribution in [0.25, 0.3) is 0 Å². The molecule has 0 radical (unpaired) electrons. The minimum atomic E-state index is -2.90. The van der Waals surface area contributed by atoms with Crippen LogP contribution >= 0.6 is 24.0 Å². The third-order valence-electron chi connectivity index (χ3n) is 3.97. The first-order valence-electron chi connectivity index (χ1n) is 8.33. The molecule has 1 N–H and O–H groups in total. The minimum Gasteiger partial charge on any atom is -0.490 e. The zero-order chi connectivity index (χ0) is 17.4. The highest BCUT2D eigenvalue weighted by Gasteiger charge is 2.22. The van der Waals surface area contributed by atoms with E-state index in [4.69, 9.17) is 4.74 Å². The van der Waals surface area contributed by atoms with Crippen LogP contribution < -0.4 is 10.1 Å². The molecule has 0 unspecified atom stereocenters. The molecular formula is C17H28IN3O3S. The van der Waals surface area contributed by atoms with E-state index in [1.165, 1.54) is 6.26 Å². The predicted molar refractivity (Wildman–Crippen MR) is 113 cm³/mol. The molecule has 142 valence electrons. The fourth-order valence-corrected chi connectivity index (χ4v) is 3.41. The second-order valence-electron chi connectivity index (χ2n) is 6.07. The average Bonchev–Trinajstić information content (AvgIpc) is 2.56. The lowest BCUT2D eigenvalue weighted by atomic mass is 10.1. The summed E-state index contributed by atoms with van der Waals surface area (Å²) in [5, 5.41) is 3.25. The first-order valence-corrected chi connectivity index (χ1v) is 10.4. The SMILES string of the molecule is CN=C(NCCCS(C)(=O)=O)N1CCC(Oc2ccccc2)CC1.I. The maximum absolute atomic E-state index is 11.2. The normalized spacial score (nSPS) is 16.2. The van der Waals surface area contributed by atoms with Gasteiger partial charge in [0.25, 0.3) is 0 Å². The highest BCUT2D eigenvalue weighted by atomic mass is 127. The zero-order valence-corrected chi connectivity index (χ0v) is 18.0. The van der Waals surface area contributed by atoms with Gasteiger partial charge in [-0.1, -0.05) is 18.2 Å². The van der Waals surface area contributed by atoms with Gasteiger partial charge >= 0.3 is 0 Å². The van der Waals surface area contributed by atoms with Crippen molar-refractivity contribution in [3.8, 4) is 5.75 Å². The fraction of sp³-hybridized carbons (Fsp3) is 0.588. The summed E-state index contributed by atoms with van der Waals surface area (Å²) in [7, 11) is -1.15. The molecule has 1 heterocycles. The van der Waals surface area contributed by atoms with Crippen LogP contribution in [0.5, 0.6) is 5.75 Å². The summed E-state index contributed by atoms with van der Waals surface area (Å²) in [6.45, 7) is 2.37. The number of aliphatic imine (C=N–C) groups is 1. The number of likely N-dealkylation sites (tertiary alicyclic amines) is 1. The maximum atomic E-state index is 11.2. The van der Waals surface area contributed by atoms with E-state index in [1.54, 1.807) is 7.05 Å². The highest BCUT2D eigenvalue weighted by Crippen LogP contribution is 2.18. The third kappa shape index (κ3) is 8.26. The Bertz CT molecular complexity index is 630. The minimum absolute atomic E-state index is 0. The summed E-state index contributed by atoms with van der Waals surface area (Å²) in [6.07, 6.45) is 3.97. The van der Waals surface area contributed by atoms with E-state index < -0.39 is 9.84 Å². The highest BCUT2D eigenvalue weighted by molar-refractivity contribution is 14.0. The zero-order valence-electron chi connectivity index (χ0n) is 14.8. The standard InChI is InChI=1S/C17H27N3O3S.HI/c1-18-17(19-11-6-14-24(2,21)22)20-12-9-16(10-13-20)23-15-7-4-3-5-8-15;/h3-5,7-8,16H,6,9-14H2,1-2H3,(H,18,19);1H. The van der Waals surface area contributed by atoms with Gasteiger partial charge < -0.3 is 15.0 Å². The number of rotatable bonds is 6. The number of para-hydroxylation sites is 1. The van der Waals surface area contributed by atoms with Crippen molar-refractivity contribution in [1.82, 2.24) is 10.2 Å². The van der Waals surface area contributed by atoms with Crippen molar-refractivity contribution >= 4 is 39.8 Å². The van der Waals surface area contributed by atoms with Crippen LogP contribution in [0.2, 0.25) is 0 Å². The Morgan fingerprint density at radius 1 is 1.28 bits per heavy atom. The molecule has 1 aliphatic heterocycles. The van der Waals surface area contributed by atoms with Gasteiger partial charge in [0.2, 0.25) is 0 Å². The molecule has 1 aromatic carbocycles. The van der Waals surface area contributed by atoms with Gasteiger partial charge in [0.15, 0.2) is 5.96 Å². The van der Waals surface area contributed by atoms with E-state index >= 15 is 0 Å². The Labute approximate surface area is 168 Å². The lowest BCUT2D eigenvalue weighted by molar-refractivity contribution is 0.129. The number of piperidine rings is 1. The smallest absolute Gasteiger partial charge is 0.193 e. The molecule has 1 fully saturated rings. The van der Waals surface area contributed by atoms with Crippen LogP contribution in [-0.4, -0.2) is 64.1 Å². The van der Waals surface area contributed by atoms with Gasteiger partial charge in [0.05, 0.1) is 5.75 Å². The molecule has 1 aromatic rings. The Hall–Kier alpha value is -1.03.